The van der Waals surface area contributed by atoms with Crippen LogP contribution in [0.2, 0.25) is 10.0 Å². The molecule has 2 bridgehead atoms. The summed E-state index contributed by atoms with van der Waals surface area (Å²) in [7, 11) is 0. The fraction of sp³-hybridized carbons (Fsp3) is 0.467. The molecule has 4 nitrogen and oxygen atoms in total. The molecule has 0 aromatic heterocycles. The van der Waals surface area contributed by atoms with Crippen molar-refractivity contribution in [2.45, 2.75) is 31.7 Å². The molecule has 6 heteroatoms. The maximum Gasteiger partial charge on any atom is 0.306 e. The van der Waals surface area contributed by atoms with Crippen molar-refractivity contribution in [1.29, 1.82) is 0 Å². The third-order valence-corrected chi connectivity index (χ3v) is 5.66. The molecular weight excluding hydrogens is 313 g/mol. The first-order valence-electron chi connectivity index (χ1n) is 6.77. The van der Waals surface area contributed by atoms with Gasteiger partial charge in [-0.05, 0) is 42.9 Å². The van der Waals surface area contributed by atoms with Gasteiger partial charge in [-0.3, -0.25) is 9.59 Å². The number of carboxylic acid groups (broad SMARTS) is 1. The Hall–Kier alpha value is -1.26. The van der Waals surface area contributed by atoms with Gasteiger partial charge >= 0.3 is 5.97 Å². The number of carboxylic acids is 1. The van der Waals surface area contributed by atoms with E-state index in [9.17, 15) is 9.59 Å². The lowest BCUT2D eigenvalue weighted by atomic mass is 9.36. The number of aliphatic carboxylic acids is 1. The number of benzene rings is 1. The van der Waals surface area contributed by atoms with Crippen LogP contribution in [0.4, 0.5) is 0 Å². The second-order valence-corrected chi connectivity index (χ2v) is 7.13. The van der Waals surface area contributed by atoms with Gasteiger partial charge in [-0.1, -0.05) is 30.1 Å². The van der Waals surface area contributed by atoms with Crippen LogP contribution in [0.25, 0.3) is 0 Å². The average Bonchev–Trinajstić information content (AvgIpc) is 2.34. The minimum absolute atomic E-state index is 0.128. The van der Waals surface area contributed by atoms with Crippen LogP contribution in [0, 0.1) is 11.3 Å². The van der Waals surface area contributed by atoms with Gasteiger partial charge in [0.05, 0.1) is 16.0 Å². The van der Waals surface area contributed by atoms with Gasteiger partial charge in [0.2, 0.25) is 0 Å². The lowest BCUT2D eigenvalue weighted by molar-refractivity contribution is -0.195. The molecule has 1 atom stereocenters. The largest absolute Gasteiger partial charge is 0.481 e. The number of nitrogens with one attached hydrogen (secondary N) is 1. The zero-order valence-corrected chi connectivity index (χ0v) is 13.0. The van der Waals surface area contributed by atoms with Crippen LogP contribution in [0.15, 0.2) is 18.2 Å². The number of hydrogen-bond donors (Lipinski definition) is 2. The summed E-state index contributed by atoms with van der Waals surface area (Å²) in [6.07, 6.45) is 2.21. The Balaban J connectivity index is 1.64. The SMILES string of the molecule is C[C@@H](C(=O)O)C12CC(NC(=O)c3ccc(Cl)c(Cl)c3)(C1)C2. The van der Waals surface area contributed by atoms with Crippen LogP contribution in [-0.2, 0) is 4.79 Å². The molecule has 21 heavy (non-hydrogen) atoms. The molecule has 0 radical (unpaired) electrons. The first kappa shape index (κ1) is 14.7. The van der Waals surface area contributed by atoms with E-state index in [0.29, 0.717) is 15.6 Å². The molecule has 0 saturated heterocycles. The third-order valence-electron chi connectivity index (χ3n) is 4.92. The topological polar surface area (TPSA) is 66.4 Å². The molecule has 3 saturated carbocycles. The molecule has 2 N–H and O–H groups in total. The molecule has 0 aliphatic heterocycles. The van der Waals surface area contributed by atoms with E-state index in [1.165, 1.54) is 0 Å². The minimum Gasteiger partial charge on any atom is -0.481 e. The zero-order chi connectivity index (χ0) is 15.4. The standard InChI is InChI=1S/C15H15Cl2NO3/c1-8(13(20)21)14-5-15(6-14,7-14)18-12(19)9-2-3-10(16)11(17)4-9/h2-4,8H,5-7H2,1H3,(H,18,19)(H,20,21)/t8-,14?,15?/m0/s1. The van der Waals surface area contributed by atoms with Crippen LogP contribution in [-0.4, -0.2) is 22.5 Å². The maximum absolute atomic E-state index is 12.2. The highest BCUT2D eigenvalue weighted by Crippen LogP contribution is 2.70. The van der Waals surface area contributed by atoms with Crippen LogP contribution >= 0.6 is 23.2 Å². The van der Waals surface area contributed by atoms with Gasteiger partial charge in [0.15, 0.2) is 0 Å². The molecule has 1 amide bonds. The maximum atomic E-state index is 12.2. The molecule has 3 aliphatic carbocycles. The normalized spacial score (nSPS) is 30.8. The van der Waals surface area contributed by atoms with Gasteiger partial charge in [-0.25, -0.2) is 0 Å². The zero-order valence-electron chi connectivity index (χ0n) is 11.5. The molecule has 0 spiro atoms. The van der Waals surface area contributed by atoms with Gasteiger partial charge in [-0.2, -0.15) is 0 Å². The van der Waals surface area contributed by atoms with E-state index < -0.39 is 5.97 Å². The van der Waals surface area contributed by atoms with Crippen LogP contribution in [0.5, 0.6) is 0 Å². The Kier molecular flexibility index (Phi) is 3.22. The minimum atomic E-state index is -0.765. The number of hydrogen-bond acceptors (Lipinski definition) is 2. The van der Waals surface area contributed by atoms with Crippen molar-refractivity contribution >= 4 is 35.1 Å². The third kappa shape index (κ3) is 2.21. The van der Waals surface area contributed by atoms with E-state index in [4.69, 9.17) is 28.3 Å². The second-order valence-electron chi connectivity index (χ2n) is 6.32. The van der Waals surface area contributed by atoms with Gasteiger partial charge in [0, 0.05) is 11.1 Å². The highest BCUT2D eigenvalue weighted by molar-refractivity contribution is 6.42. The van der Waals surface area contributed by atoms with Gasteiger partial charge < -0.3 is 10.4 Å². The van der Waals surface area contributed by atoms with Crippen LogP contribution in [0.1, 0.15) is 36.5 Å². The summed E-state index contributed by atoms with van der Waals surface area (Å²) in [4.78, 5) is 23.3. The number of halogens is 2. The van der Waals surface area contributed by atoms with Crippen molar-refractivity contribution in [2.75, 3.05) is 0 Å². The number of rotatable bonds is 4. The predicted octanol–water partition coefficient (Wildman–Crippen LogP) is 3.37. The Bertz CT molecular complexity index is 624. The smallest absolute Gasteiger partial charge is 0.306 e. The highest BCUT2D eigenvalue weighted by Gasteiger charge is 2.71. The molecular formula is C15H15Cl2NO3. The first-order chi connectivity index (χ1) is 9.77. The van der Waals surface area contributed by atoms with Crippen molar-refractivity contribution in [1.82, 2.24) is 5.32 Å². The van der Waals surface area contributed by atoms with Gasteiger partial charge in [-0.15, -0.1) is 0 Å². The van der Waals surface area contributed by atoms with Crippen molar-refractivity contribution < 1.29 is 14.7 Å². The van der Waals surface area contributed by atoms with Crippen LogP contribution < -0.4 is 5.32 Å². The average molecular weight is 328 g/mol. The van der Waals surface area contributed by atoms with E-state index in [-0.39, 0.29) is 22.8 Å². The fourth-order valence-corrected chi connectivity index (χ4v) is 3.97. The number of carbonyl (C=O) groups is 2. The summed E-state index contributed by atoms with van der Waals surface area (Å²) in [6.45, 7) is 1.74. The summed E-state index contributed by atoms with van der Waals surface area (Å²) in [5.41, 5.74) is 0.110. The molecule has 1 aromatic rings. The van der Waals surface area contributed by atoms with Crippen LogP contribution in [0.3, 0.4) is 0 Å². The first-order valence-corrected chi connectivity index (χ1v) is 7.53. The van der Waals surface area contributed by atoms with E-state index in [1.807, 2.05) is 0 Å². The Morgan fingerprint density at radius 1 is 1.24 bits per heavy atom. The predicted molar refractivity (Wildman–Crippen MR) is 79.7 cm³/mol. The summed E-state index contributed by atoms with van der Waals surface area (Å²) >= 11 is 11.7. The molecule has 0 heterocycles. The molecule has 0 unspecified atom stereocenters. The summed E-state index contributed by atoms with van der Waals surface area (Å²) in [5, 5.41) is 12.9. The van der Waals surface area contributed by atoms with E-state index in [0.717, 1.165) is 19.3 Å². The number of amides is 1. The van der Waals surface area contributed by atoms with Crippen molar-refractivity contribution in [3.8, 4) is 0 Å². The summed E-state index contributed by atoms with van der Waals surface area (Å²) < 4.78 is 0. The second kappa shape index (κ2) is 4.62. The van der Waals surface area contributed by atoms with Gasteiger partial charge in [0.1, 0.15) is 0 Å². The quantitative estimate of drug-likeness (QED) is 0.890. The molecule has 4 rings (SSSR count). The van der Waals surface area contributed by atoms with E-state index in [1.54, 1.807) is 25.1 Å². The Labute approximate surface area is 132 Å². The molecule has 3 fully saturated rings. The van der Waals surface area contributed by atoms with Crippen molar-refractivity contribution in [2.24, 2.45) is 11.3 Å². The van der Waals surface area contributed by atoms with E-state index in [2.05, 4.69) is 5.32 Å². The van der Waals surface area contributed by atoms with Gasteiger partial charge in [0.25, 0.3) is 5.91 Å². The van der Waals surface area contributed by atoms with Crippen molar-refractivity contribution in [3.05, 3.63) is 33.8 Å². The monoisotopic (exact) mass is 327 g/mol. The molecule has 112 valence electrons. The lowest BCUT2D eigenvalue weighted by Crippen LogP contribution is -2.77. The number of carbonyl (C=O) groups excluding carboxylic acids is 1. The molecule has 1 aromatic carbocycles. The van der Waals surface area contributed by atoms with Crippen molar-refractivity contribution in [3.63, 3.8) is 0 Å². The lowest BCUT2D eigenvalue weighted by Gasteiger charge is -2.72. The summed E-state index contributed by atoms with van der Waals surface area (Å²) in [5.74, 6) is -1.31. The fourth-order valence-electron chi connectivity index (χ4n) is 3.67. The van der Waals surface area contributed by atoms with E-state index >= 15 is 0 Å². The summed E-state index contributed by atoms with van der Waals surface area (Å²) in [6, 6.07) is 4.76. The molecule has 3 aliphatic rings. The Morgan fingerprint density at radius 3 is 2.38 bits per heavy atom. The highest BCUT2D eigenvalue weighted by atomic mass is 35.5. The Morgan fingerprint density at radius 2 is 1.86 bits per heavy atom.